The van der Waals surface area contributed by atoms with Gasteiger partial charge in [0.05, 0.1) is 17.0 Å². The smallest absolute Gasteiger partial charge is 0.322 e. The number of sulfonamides is 1. The summed E-state index contributed by atoms with van der Waals surface area (Å²) in [6.45, 7) is 4.27. The Balaban J connectivity index is 1.40. The first-order chi connectivity index (χ1) is 16.7. The summed E-state index contributed by atoms with van der Waals surface area (Å²) >= 11 is 0. The SMILES string of the molecule is CC(C)c1ccc(Cc2nnc(NC(=O)c3ccc(S(=O)(=O)N(C)c4ccccc4)cc3)o2)cc1. The van der Waals surface area contributed by atoms with Gasteiger partial charge in [0.15, 0.2) is 0 Å². The Morgan fingerprint density at radius 3 is 2.23 bits per heavy atom. The molecule has 4 rings (SSSR count). The molecule has 1 aromatic heterocycles. The monoisotopic (exact) mass is 490 g/mol. The van der Waals surface area contributed by atoms with E-state index >= 15 is 0 Å². The van der Waals surface area contributed by atoms with Crippen LogP contribution in [0.5, 0.6) is 0 Å². The van der Waals surface area contributed by atoms with Crippen LogP contribution in [0, 0.1) is 0 Å². The molecule has 0 aliphatic rings. The molecule has 0 atom stereocenters. The number of carbonyl (C=O) groups excluding carboxylic acids is 1. The van der Waals surface area contributed by atoms with Gasteiger partial charge in [-0.05, 0) is 53.4 Å². The first-order valence-electron chi connectivity index (χ1n) is 11.1. The van der Waals surface area contributed by atoms with Gasteiger partial charge in [0.2, 0.25) is 5.89 Å². The number of nitrogens with one attached hydrogen (secondary N) is 1. The Kier molecular flexibility index (Phi) is 6.97. The van der Waals surface area contributed by atoms with Crippen LogP contribution >= 0.6 is 0 Å². The lowest BCUT2D eigenvalue weighted by atomic mass is 10.0. The van der Waals surface area contributed by atoms with E-state index in [4.69, 9.17) is 4.42 Å². The molecule has 0 aliphatic heterocycles. The summed E-state index contributed by atoms with van der Waals surface area (Å²) in [7, 11) is -2.28. The second-order valence-corrected chi connectivity index (χ2v) is 10.3. The lowest BCUT2D eigenvalue weighted by molar-refractivity contribution is 0.102. The molecule has 0 bridgehead atoms. The van der Waals surface area contributed by atoms with Crippen molar-refractivity contribution in [2.45, 2.75) is 31.1 Å². The van der Waals surface area contributed by atoms with Crippen molar-refractivity contribution in [1.82, 2.24) is 10.2 Å². The Labute approximate surface area is 204 Å². The summed E-state index contributed by atoms with van der Waals surface area (Å²) in [4.78, 5) is 12.7. The lowest BCUT2D eigenvalue weighted by Crippen LogP contribution is -2.26. The summed E-state index contributed by atoms with van der Waals surface area (Å²) in [5.74, 6) is 0.345. The van der Waals surface area contributed by atoms with E-state index in [1.54, 1.807) is 24.3 Å². The molecule has 35 heavy (non-hydrogen) atoms. The topological polar surface area (TPSA) is 105 Å². The van der Waals surface area contributed by atoms with Crippen LogP contribution in [-0.2, 0) is 16.4 Å². The fourth-order valence-corrected chi connectivity index (χ4v) is 4.65. The maximum Gasteiger partial charge on any atom is 0.322 e. The molecule has 8 nitrogen and oxygen atoms in total. The van der Waals surface area contributed by atoms with E-state index in [0.29, 0.717) is 23.9 Å². The van der Waals surface area contributed by atoms with Crippen molar-refractivity contribution < 1.29 is 17.6 Å². The number of aromatic nitrogens is 2. The van der Waals surface area contributed by atoms with Crippen LogP contribution in [0.15, 0.2) is 88.2 Å². The zero-order chi connectivity index (χ0) is 25.0. The van der Waals surface area contributed by atoms with E-state index in [2.05, 4.69) is 41.5 Å². The largest absolute Gasteiger partial charge is 0.407 e. The van der Waals surface area contributed by atoms with E-state index in [1.807, 2.05) is 18.2 Å². The molecular weight excluding hydrogens is 464 g/mol. The highest BCUT2D eigenvalue weighted by Crippen LogP contribution is 2.22. The van der Waals surface area contributed by atoms with E-state index in [1.165, 1.54) is 41.2 Å². The van der Waals surface area contributed by atoms with Gasteiger partial charge in [0.1, 0.15) is 0 Å². The van der Waals surface area contributed by atoms with Crippen molar-refractivity contribution in [3.05, 3.63) is 101 Å². The quantitative estimate of drug-likeness (QED) is 0.378. The predicted molar refractivity (Wildman–Crippen MR) is 134 cm³/mol. The van der Waals surface area contributed by atoms with Crippen molar-refractivity contribution in [2.75, 3.05) is 16.7 Å². The van der Waals surface area contributed by atoms with Crippen molar-refractivity contribution >= 4 is 27.6 Å². The molecule has 1 heterocycles. The molecule has 0 saturated heterocycles. The number of anilines is 2. The summed E-state index contributed by atoms with van der Waals surface area (Å²) in [6, 6.07) is 22.6. The third-order valence-corrected chi connectivity index (χ3v) is 7.38. The molecule has 0 aliphatic carbocycles. The van der Waals surface area contributed by atoms with Crippen LogP contribution in [-0.4, -0.2) is 31.6 Å². The molecule has 4 aromatic rings. The fourth-order valence-electron chi connectivity index (χ4n) is 3.45. The summed E-state index contributed by atoms with van der Waals surface area (Å²) in [5.41, 5.74) is 3.07. The van der Waals surface area contributed by atoms with Gasteiger partial charge in [0, 0.05) is 12.6 Å². The molecule has 0 radical (unpaired) electrons. The van der Waals surface area contributed by atoms with E-state index in [9.17, 15) is 13.2 Å². The van der Waals surface area contributed by atoms with Gasteiger partial charge in [-0.25, -0.2) is 8.42 Å². The van der Waals surface area contributed by atoms with Crippen LogP contribution < -0.4 is 9.62 Å². The van der Waals surface area contributed by atoms with Crippen LogP contribution in [0.3, 0.4) is 0 Å². The van der Waals surface area contributed by atoms with Gasteiger partial charge < -0.3 is 4.42 Å². The second-order valence-electron chi connectivity index (χ2n) is 8.36. The number of nitrogens with zero attached hydrogens (tertiary/aromatic N) is 3. The van der Waals surface area contributed by atoms with E-state index < -0.39 is 15.9 Å². The number of amides is 1. The standard InChI is InChI=1S/C26H26N4O4S/c1-18(2)20-11-9-19(10-12-20)17-24-28-29-26(34-24)27-25(31)21-13-15-23(16-14-21)35(32,33)30(3)22-7-5-4-6-8-22/h4-16,18H,17H2,1-3H3,(H,27,29,31). The van der Waals surface area contributed by atoms with E-state index in [0.717, 1.165) is 5.56 Å². The van der Waals surface area contributed by atoms with Crippen LogP contribution in [0.1, 0.15) is 47.1 Å². The Morgan fingerprint density at radius 2 is 1.60 bits per heavy atom. The van der Waals surface area contributed by atoms with Gasteiger partial charge >= 0.3 is 6.01 Å². The number of benzene rings is 3. The van der Waals surface area contributed by atoms with Gasteiger partial charge in [-0.2, -0.15) is 0 Å². The molecule has 0 spiro atoms. The normalized spacial score (nSPS) is 11.4. The van der Waals surface area contributed by atoms with Crippen molar-refractivity contribution in [1.29, 1.82) is 0 Å². The first kappa shape index (κ1) is 24.2. The number of rotatable bonds is 8. The van der Waals surface area contributed by atoms with Crippen LogP contribution in [0.2, 0.25) is 0 Å². The van der Waals surface area contributed by atoms with Gasteiger partial charge in [-0.3, -0.25) is 14.4 Å². The lowest BCUT2D eigenvalue weighted by Gasteiger charge is -2.19. The third kappa shape index (κ3) is 5.58. The highest BCUT2D eigenvalue weighted by molar-refractivity contribution is 7.92. The maximum absolute atomic E-state index is 12.9. The summed E-state index contributed by atoms with van der Waals surface area (Å²) < 4.78 is 32.6. The molecule has 1 amide bonds. The number of para-hydroxylation sites is 1. The van der Waals surface area contributed by atoms with Gasteiger partial charge in [0.25, 0.3) is 15.9 Å². The predicted octanol–water partition coefficient (Wildman–Crippen LogP) is 4.86. The molecule has 3 aromatic carbocycles. The molecule has 0 unspecified atom stereocenters. The maximum atomic E-state index is 12.9. The van der Waals surface area contributed by atoms with Gasteiger partial charge in [-0.15, -0.1) is 5.10 Å². The summed E-state index contributed by atoms with van der Waals surface area (Å²) in [6.07, 6.45) is 0.447. The minimum Gasteiger partial charge on any atom is -0.407 e. The average molecular weight is 491 g/mol. The molecule has 9 heteroatoms. The highest BCUT2D eigenvalue weighted by Gasteiger charge is 2.22. The fraction of sp³-hybridized carbons (Fsp3) is 0.192. The third-order valence-electron chi connectivity index (χ3n) is 5.58. The average Bonchev–Trinajstić information content (AvgIpc) is 3.31. The molecule has 0 saturated carbocycles. The first-order valence-corrected chi connectivity index (χ1v) is 12.5. The zero-order valence-electron chi connectivity index (χ0n) is 19.7. The van der Waals surface area contributed by atoms with Gasteiger partial charge in [-0.1, -0.05) is 61.4 Å². The summed E-state index contributed by atoms with van der Waals surface area (Å²) in [5, 5.41) is 10.4. The minimum atomic E-state index is -3.77. The van der Waals surface area contributed by atoms with Crippen LogP contribution in [0.25, 0.3) is 0 Å². The molecular formula is C26H26N4O4S. The zero-order valence-corrected chi connectivity index (χ0v) is 20.5. The Morgan fingerprint density at radius 1 is 0.943 bits per heavy atom. The van der Waals surface area contributed by atoms with Crippen molar-refractivity contribution in [3.8, 4) is 0 Å². The van der Waals surface area contributed by atoms with Crippen molar-refractivity contribution in [3.63, 3.8) is 0 Å². The van der Waals surface area contributed by atoms with Crippen molar-refractivity contribution in [2.24, 2.45) is 0 Å². The second kappa shape index (κ2) is 10.1. The minimum absolute atomic E-state index is 0.0238. The molecule has 0 fully saturated rings. The Bertz CT molecular complexity index is 1400. The van der Waals surface area contributed by atoms with E-state index in [-0.39, 0.29) is 16.5 Å². The Hall–Kier alpha value is -3.98. The number of hydrogen-bond donors (Lipinski definition) is 1. The molecule has 1 N–H and O–H groups in total. The number of carbonyl (C=O) groups is 1. The van der Waals surface area contributed by atoms with Crippen LogP contribution in [0.4, 0.5) is 11.7 Å². The highest BCUT2D eigenvalue weighted by atomic mass is 32.2. The molecule has 180 valence electrons. The number of hydrogen-bond acceptors (Lipinski definition) is 6.